The molecule has 2 saturated carbocycles. The fourth-order valence-corrected chi connectivity index (χ4v) is 6.32. The van der Waals surface area contributed by atoms with Gasteiger partial charge in [0.1, 0.15) is 5.75 Å². The van der Waals surface area contributed by atoms with E-state index in [4.69, 9.17) is 0 Å². The van der Waals surface area contributed by atoms with Crippen LogP contribution in [0.3, 0.4) is 0 Å². The average Bonchev–Trinajstić information content (AvgIpc) is 3.11. The highest BCUT2D eigenvalue weighted by molar-refractivity contribution is 6.06. The standard InChI is InChI=1S/C24H28N2O2/c1-14-17(13-26(3)25-14)10-16-12-22-21-6-4-15-11-18(27)5-7-19(15)20(21)8-9-24(22,2)23(16)28/h5,7,10-11,13,20-22,27H,4,6,8-9,12H2,1-3H3/b16-10+/t20-,21-,22-,24+/m1/s1. The highest BCUT2D eigenvalue weighted by atomic mass is 16.3. The second-order valence-electron chi connectivity index (χ2n) is 9.30. The van der Waals surface area contributed by atoms with Crippen LogP contribution < -0.4 is 0 Å². The summed E-state index contributed by atoms with van der Waals surface area (Å²) in [6.45, 7) is 4.21. The van der Waals surface area contributed by atoms with E-state index in [0.717, 1.165) is 48.9 Å². The maximum Gasteiger partial charge on any atom is 0.165 e. The van der Waals surface area contributed by atoms with E-state index in [1.165, 1.54) is 11.1 Å². The molecule has 4 heteroatoms. The zero-order valence-electron chi connectivity index (χ0n) is 16.9. The Hall–Kier alpha value is -2.36. The van der Waals surface area contributed by atoms with Crippen LogP contribution >= 0.6 is 0 Å². The highest BCUT2D eigenvalue weighted by Gasteiger charge is 2.56. The van der Waals surface area contributed by atoms with Gasteiger partial charge in [-0.2, -0.15) is 5.10 Å². The molecule has 2 aromatic rings. The molecule has 4 nitrogen and oxygen atoms in total. The topological polar surface area (TPSA) is 55.1 Å². The van der Waals surface area contributed by atoms with Crippen molar-refractivity contribution in [2.24, 2.45) is 24.3 Å². The molecule has 4 atom stereocenters. The van der Waals surface area contributed by atoms with E-state index in [1.54, 1.807) is 0 Å². The number of allylic oxidation sites excluding steroid dienone is 1. The van der Waals surface area contributed by atoms with Gasteiger partial charge in [-0.25, -0.2) is 0 Å². The van der Waals surface area contributed by atoms with Crippen molar-refractivity contribution in [1.82, 2.24) is 9.78 Å². The highest BCUT2D eigenvalue weighted by Crippen LogP contribution is 2.60. The number of hydrogen-bond acceptors (Lipinski definition) is 3. The molecule has 1 heterocycles. The Morgan fingerprint density at radius 3 is 2.89 bits per heavy atom. The first-order chi connectivity index (χ1) is 13.4. The molecule has 2 fully saturated rings. The lowest BCUT2D eigenvalue weighted by Crippen LogP contribution is -2.42. The molecule has 1 aromatic heterocycles. The van der Waals surface area contributed by atoms with Gasteiger partial charge in [-0.1, -0.05) is 13.0 Å². The third-order valence-electron chi connectivity index (χ3n) is 7.73. The molecule has 5 rings (SSSR count). The predicted molar refractivity (Wildman–Crippen MR) is 109 cm³/mol. The molecule has 0 spiro atoms. The summed E-state index contributed by atoms with van der Waals surface area (Å²) in [5.74, 6) is 2.22. The predicted octanol–water partition coefficient (Wildman–Crippen LogP) is 4.55. The molecule has 0 radical (unpaired) electrons. The van der Waals surface area contributed by atoms with Gasteiger partial charge < -0.3 is 5.11 Å². The summed E-state index contributed by atoms with van der Waals surface area (Å²) in [5, 5.41) is 14.3. The zero-order chi connectivity index (χ0) is 19.6. The number of carbonyl (C=O) groups is 1. The number of carbonyl (C=O) groups excluding carboxylic acids is 1. The van der Waals surface area contributed by atoms with E-state index in [2.05, 4.69) is 24.2 Å². The first kappa shape index (κ1) is 17.7. The number of benzene rings is 1. The quantitative estimate of drug-likeness (QED) is 0.743. The van der Waals surface area contributed by atoms with Gasteiger partial charge in [0.05, 0.1) is 5.69 Å². The number of rotatable bonds is 1. The average molecular weight is 377 g/mol. The maximum atomic E-state index is 13.4. The van der Waals surface area contributed by atoms with Gasteiger partial charge in [-0.05, 0) is 91.7 Å². The number of hydrogen-bond donors (Lipinski definition) is 1. The minimum absolute atomic E-state index is 0.225. The van der Waals surface area contributed by atoms with E-state index in [-0.39, 0.29) is 5.41 Å². The van der Waals surface area contributed by atoms with Gasteiger partial charge in [0.25, 0.3) is 0 Å². The number of aromatic nitrogens is 2. The minimum Gasteiger partial charge on any atom is -0.508 e. The lowest BCUT2D eigenvalue weighted by atomic mass is 9.55. The van der Waals surface area contributed by atoms with Crippen molar-refractivity contribution in [3.05, 3.63) is 52.4 Å². The number of nitrogens with zero attached hydrogens (tertiary/aromatic N) is 2. The van der Waals surface area contributed by atoms with Gasteiger partial charge in [0.2, 0.25) is 0 Å². The van der Waals surface area contributed by atoms with Crippen LogP contribution in [0, 0.1) is 24.2 Å². The van der Waals surface area contributed by atoms with Crippen LogP contribution in [0.2, 0.25) is 0 Å². The monoisotopic (exact) mass is 376 g/mol. The van der Waals surface area contributed by atoms with Crippen molar-refractivity contribution in [1.29, 1.82) is 0 Å². The van der Waals surface area contributed by atoms with Crippen molar-refractivity contribution in [3.8, 4) is 5.75 Å². The fourth-order valence-electron chi connectivity index (χ4n) is 6.32. The molecule has 28 heavy (non-hydrogen) atoms. The number of Topliss-reactive ketones (excluding diaryl/α,β-unsaturated/α-hetero) is 1. The lowest BCUT2D eigenvalue weighted by Gasteiger charge is -2.48. The molecule has 0 amide bonds. The van der Waals surface area contributed by atoms with E-state index in [1.807, 2.05) is 37.0 Å². The van der Waals surface area contributed by atoms with Gasteiger partial charge in [-0.3, -0.25) is 9.48 Å². The second-order valence-corrected chi connectivity index (χ2v) is 9.30. The summed E-state index contributed by atoms with van der Waals surface area (Å²) in [4.78, 5) is 13.4. The summed E-state index contributed by atoms with van der Waals surface area (Å²) in [6, 6.07) is 5.89. The maximum absolute atomic E-state index is 13.4. The minimum atomic E-state index is -0.225. The van der Waals surface area contributed by atoms with Crippen LogP contribution in [-0.2, 0) is 18.3 Å². The zero-order valence-corrected chi connectivity index (χ0v) is 16.9. The Bertz CT molecular complexity index is 1000. The van der Waals surface area contributed by atoms with Gasteiger partial charge in [0, 0.05) is 24.2 Å². The largest absolute Gasteiger partial charge is 0.508 e. The molecular weight excluding hydrogens is 348 g/mol. The van der Waals surface area contributed by atoms with Crippen molar-refractivity contribution in [2.75, 3.05) is 0 Å². The van der Waals surface area contributed by atoms with Crippen molar-refractivity contribution >= 4 is 11.9 Å². The molecule has 0 unspecified atom stereocenters. The molecule has 0 aliphatic heterocycles. The molecule has 1 N–H and O–H groups in total. The van der Waals surface area contributed by atoms with E-state index < -0.39 is 0 Å². The normalized spacial score (nSPS) is 32.9. The van der Waals surface area contributed by atoms with Crippen LogP contribution in [0.4, 0.5) is 0 Å². The number of aryl methyl sites for hydroxylation is 3. The number of aromatic hydroxyl groups is 1. The SMILES string of the molecule is Cc1nn(C)cc1/C=C1\C[C@@H]2[C@@H]3CCc4cc(O)ccc4[C@H]3CC[C@]2(C)C1=O. The Morgan fingerprint density at radius 2 is 2.14 bits per heavy atom. The molecular formula is C24H28N2O2. The van der Waals surface area contributed by atoms with Gasteiger partial charge in [0.15, 0.2) is 5.78 Å². The third kappa shape index (κ3) is 2.50. The molecule has 3 aliphatic carbocycles. The third-order valence-corrected chi connectivity index (χ3v) is 7.73. The number of phenolic OH excluding ortho intramolecular Hbond substituents is 1. The number of phenols is 1. The smallest absolute Gasteiger partial charge is 0.165 e. The second kappa shape index (κ2) is 6.07. The van der Waals surface area contributed by atoms with Crippen LogP contribution in [0.5, 0.6) is 5.75 Å². The van der Waals surface area contributed by atoms with Crippen molar-refractivity contribution in [3.63, 3.8) is 0 Å². The summed E-state index contributed by atoms with van der Waals surface area (Å²) in [5.41, 5.74) is 5.51. The molecule has 0 bridgehead atoms. The van der Waals surface area contributed by atoms with Crippen molar-refractivity contribution < 1.29 is 9.90 Å². The van der Waals surface area contributed by atoms with Crippen LogP contribution in [-0.4, -0.2) is 20.7 Å². The summed E-state index contributed by atoms with van der Waals surface area (Å²) in [7, 11) is 1.93. The van der Waals surface area contributed by atoms with Crippen LogP contribution in [0.1, 0.15) is 60.9 Å². The Kier molecular flexibility index (Phi) is 3.84. The summed E-state index contributed by atoms with van der Waals surface area (Å²) >= 11 is 0. The van der Waals surface area contributed by atoms with E-state index in [9.17, 15) is 9.90 Å². The van der Waals surface area contributed by atoms with E-state index >= 15 is 0 Å². The molecule has 0 saturated heterocycles. The lowest BCUT2D eigenvalue weighted by molar-refractivity contribution is -0.127. The Morgan fingerprint density at radius 1 is 1.32 bits per heavy atom. The van der Waals surface area contributed by atoms with Gasteiger partial charge in [-0.15, -0.1) is 0 Å². The Labute approximate surface area is 166 Å². The molecule has 1 aromatic carbocycles. The summed E-state index contributed by atoms with van der Waals surface area (Å²) < 4.78 is 1.82. The fraction of sp³-hybridized carbons (Fsp3) is 0.500. The van der Waals surface area contributed by atoms with Gasteiger partial charge >= 0.3 is 0 Å². The van der Waals surface area contributed by atoms with Crippen LogP contribution in [0.25, 0.3) is 6.08 Å². The van der Waals surface area contributed by atoms with E-state index in [0.29, 0.717) is 29.3 Å². The first-order valence-corrected chi connectivity index (χ1v) is 10.4. The molecule has 146 valence electrons. The summed E-state index contributed by atoms with van der Waals surface area (Å²) in [6.07, 6.45) is 9.14. The molecule has 3 aliphatic rings. The first-order valence-electron chi connectivity index (χ1n) is 10.4. The van der Waals surface area contributed by atoms with Crippen molar-refractivity contribution in [2.45, 2.75) is 51.9 Å². The number of ketones is 1. The van der Waals surface area contributed by atoms with Crippen LogP contribution in [0.15, 0.2) is 30.0 Å². The number of fused-ring (bicyclic) bond motifs is 5. The Balaban J connectivity index is 1.50.